The van der Waals surface area contributed by atoms with E-state index in [4.69, 9.17) is 16.3 Å². The Morgan fingerprint density at radius 1 is 1.20 bits per heavy atom. The number of rotatable bonds is 6. The van der Waals surface area contributed by atoms with Crippen LogP contribution in [0.5, 0.6) is 0 Å². The zero-order chi connectivity index (χ0) is 10.9. The summed E-state index contributed by atoms with van der Waals surface area (Å²) < 4.78 is 5.43. The van der Waals surface area contributed by atoms with Gasteiger partial charge < -0.3 is 10.1 Å². The molecule has 0 spiro atoms. The van der Waals surface area contributed by atoms with Gasteiger partial charge in [-0.1, -0.05) is 26.2 Å². The van der Waals surface area contributed by atoms with E-state index in [2.05, 4.69) is 12.2 Å². The molecule has 2 atom stereocenters. The molecule has 0 saturated heterocycles. The molecule has 1 aliphatic rings. The number of hydrogen-bond acceptors (Lipinski definition) is 2. The van der Waals surface area contributed by atoms with Crippen LogP contribution in [0.4, 0.5) is 0 Å². The van der Waals surface area contributed by atoms with Crippen molar-refractivity contribution >= 4 is 11.6 Å². The molecule has 0 aliphatic heterocycles. The molecule has 0 aromatic rings. The van der Waals surface area contributed by atoms with Gasteiger partial charge in [0, 0.05) is 24.6 Å². The number of hydrogen-bond donors (Lipinski definition) is 1. The zero-order valence-corrected chi connectivity index (χ0v) is 10.6. The number of halogens is 1. The maximum atomic E-state index is 6.32. The third kappa shape index (κ3) is 5.74. The summed E-state index contributed by atoms with van der Waals surface area (Å²) >= 11 is 6.32. The summed E-state index contributed by atoms with van der Waals surface area (Å²) in [6.07, 6.45) is 7.43. The third-order valence-corrected chi connectivity index (χ3v) is 3.46. The molecule has 1 saturated carbocycles. The van der Waals surface area contributed by atoms with Crippen molar-refractivity contribution in [3.05, 3.63) is 0 Å². The second-order valence-electron chi connectivity index (χ2n) is 4.33. The molecule has 2 unspecified atom stereocenters. The first kappa shape index (κ1) is 13.3. The van der Waals surface area contributed by atoms with Crippen molar-refractivity contribution in [3.8, 4) is 0 Å². The highest BCUT2D eigenvalue weighted by Crippen LogP contribution is 2.22. The van der Waals surface area contributed by atoms with Crippen LogP contribution in [-0.2, 0) is 4.74 Å². The second kappa shape index (κ2) is 8.37. The lowest BCUT2D eigenvalue weighted by Gasteiger charge is -2.21. The summed E-state index contributed by atoms with van der Waals surface area (Å²) in [5.41, 5.74) is 0. The zero-order valence-electron chi connectivity index (χ0n) is 9.80. The van der Waals surface area contributed by atoms with Gasteiger partial charge in [-0.05, 0) is 19.3 Å². The molecule has 1 fully saturated rings. The van der Waals surface area contributed by atoms with Crippen LogP contribution in [0.1, 0.15) is 45.4 Å². The summed E-state index contributed by atoms with van der Waals surface area (Å²) in [6.45, 7) is 4.76. The van der Waals surface area contributed by atoms with Crippen LogP contribution >= 0.6 is 11.6 Å². The van der Waals surface area contributed by atoms with Gasteiger partial charge in [0.25, 0.3) is 0 Å². The highest BCUT2D eigenvalue weighted by atomic mass is 35.5. The number of nitrogens with one attached hydrogen (secondary N) is 1. The van der Waals surface area contributed by atoms with E-state index in [9.17, 15) is 0 Å². The van der Waals surface area contributed by atoms with E-state index in [0.29, 0.717) is 11.4 Å². The standard InChI is InChI=1S/C12H24ClNO/c1-2-9-15-10-8-14-12-7-5-3-4-6-11(12)13/h11-12,14H,2-10H2,1H3. The predicted molar refractivity (Wildman–Crippen MR) is 65.6 cm³/mol. The Balaban J connectivity index is 2.07. The van der Waals surface area contributed by atoms with Gasteiger partial charge in [0.2, 0.25) is 0 Å². The molecular weight excluding hydrogens is 210 g/mol. The quantitative estimate of drug-likeness (QED) is 0.433. The molecule has 1 aliphatic carbocycles. The summed E-state index contributed by atoms with van der Waals surface area (Å²) in [5.74, 6) is 0. The van der Waals surface area contributed by atoms with E-state index in [0.717, 1.165) is 32.6 Å². The van der Waals surface area contributed by atoms with Crippen LogP contribution in [0.15, 0.2) is 0 Å². The van der Waals surface area contributed by atoms with E-state index < -0.39 is 0 Å². The second-order valence-corrected chi connectivity index (χ2v) is 4.89. The van der Waals surface area contributed by atoms with Crippen molar-refractivity contribution in [2.75, 3.05) is 19.8 Å². The average molecular weight is 234 g/mol. The minimum absolute atomic E-state index is 0.318. The minimum atomic E-state index is 0.318. The lowest BCUT2D eigenvalue weighted by molar-refractivity contribution is 0.134. The van der Waals surface area contributed by atoms with Crippen molar-refractivity contribution in [2.45, 2.75) is 56.9 Å². The first-order valence-corrected chi connectivity index (χ1v) is 6.73. The van der Waals surface area contributed by atoms with Gasteiger partial charge >= 0.3 is 0 Å². The van der Waals surface area contributed by atoms with E-state index in [1.54, 1.807) is 0 Å². The minimum Gasteiger partial charge on any atom is -0.380 e. The maximum absolute atomic E-state index is 6.32. The first-order valence-electron chi connectivity index (χ1n) is 6.29. The van der Waals surface area contributed by atoms with Gasteiger partial charge in [0.15, 0.2) is 0 Å². The summed E-state index contributed by atoms with van der Waals surface area (Å²) in [4.78, 5) is 0. The molecule has 0 bridgehead atoms. The Bertz CT molecular complexity index is 155. The third-order valence-electron chi connectivity index (χ3n) is 2.93. The van der Waals surface area contributed by atoms with Crippen LogP contribution in [0.25, 0.3) is 0 Å². The van der Waals surface area contributed by atoms with Crippen LogP contribution in [-0.4, -0.2) is 31.2 Å². The monoisotopic (exact) mass is 233 g/mol. The topological polar surface area (TPSA) is 21.3 Å². The number of alkyl halides is 1. The number of ether oxygens (including phenoxy) is 1. The fraction of sp³-hybridized carbons (Fsp3) is 1.00. The molecule has 15 heavy (non-hydrogen) atoms. The van der Waals surface area contributed by atoms with Crippen LogP contribution < -0.4 is 5.32 Å². The van der Waals surface area contributed by atoms with E-state index in [1.807, 2.05) is 0 Å². The lowest BCUT2D eigenvalue weighted by atomic mass is 10.1. The van der Waals surface area contributed by atoms with Crippen molar-refractivity contribution in [1.29, 1.82) is 0 Å². The fourth-order valence-electron chi connectivity index (χ4n) is 2.06. The Hall–Kier alpha value is 0.210. The van der Waals surface area contributed by atoms with Gasteiger partial charge in [-0.15, -0.1) is 11.6 Å². The van der Waals surface area contributed by atoms with E-state index in [1.165, 1.54) is 25.7 Å². The molecular formula is C12H24ClNO. The predicted octanol–water partition coefficient (Wildman–Crippen LogP) is 2.94. The molecule has 90 valence electrons. The molecule has 2 nitrogen and oxygen atoms in total. The van der Waals surface area contributed by atoms with Crippen molar-refractivity contribution < 1.29 is 4.74 Å². The van der Waals surface area contributed by atoms with Gasteiger partial charge in [0.05, 0.1) is 6.61 Å². The molecule has 0 radical (unpaired) electrons. The first-order chi connectivity index (χ1) is 7.34. The molecule has 1 N–H and O–H groups in total. The lowest BCUT2D eigenvalue weighted by Crippen LogP contribution is -2.38. The van der Waals surface area contributed by atoms with Crippen LogP contribution in [0, 0.1) is 0 Å². The highest BCUT2D eigenvalue weighted by Gasteiger charge is 2.20. The van der Waals surface area contributed by atoms with Gasteiger partial charge in [-0.3, -0.25) is 0 Å². The molecule has 1 rings (SSSR count). The fourth-order valence-corrected chi connectivity index (χ4v) is 2.42. The summed E-state index contributed by atoms with van der Waals surface area (Å²) in [6, 6.07) is 0.499. The molecule has 0 heterocycles. The van der Waals surface area contributed by atoms with Crippen molar-refractivity contribution in [2.24, 2.45) is 0 Å². The largest absolute Gasteiger partial charge is 0.380 e. The van der Waals surface area contributed by atoms with Gasteiger partial charge in [-0.25, -0.2) is 0 Å². The van der Waals surface area contributed by atoms with Gasteiger partial charge in [0.1, 0.15) is 0 Å². The normalized spacial score (nSPS) is 27.6. The van der Waals surface area contributed by atoms with E-state index >= 15 is 0 Å². The average Bonchev–Trinajstić information content (AvgIpc) is 2.44. The SMILES string of the molecule is CCCOCCNC1CCCCCC1Cl. The summed E-state index contributed by atoms with van der Waals surface area (Å²) in [7, 11) is 0. The van der Waals surface area contributed by atoms with Crippen LogP contribution in [0.3, 0.4) is 0 Å². The van der Waals surface area contributed by atoms with Crippen molar-refractivity contribution in [1.82, 2.24) is 5.32 Å². The maximum Gasteiger partial charge on any atom is 0.0591 e. The molecule has 0 aromatic heterocycles. The Morgan fingerprint density at radius 2 is 2.00 bits per heavy atom. The highest BCUT2D eigenvalue weighted by molar-refractivity contribution is 6.21. The Kier molecular flexibility index (Phi) is 7.41. The Labute approximate surface area is 98.7 Å². The van der Waals surface area contributed by atoms with Gasteiger partial charge in [-0.2, -0.15) is 0 Å². The molecule has 3 heteroatoms. The smallest absolute Gasteiger partial charge is 0.0591 e. The van der Waals surface area contributed by atoms with E-state index in [-0.39, 0.29) is 0 Å². The molecule has 0 aromatic carbocycles. The Morgan fingerprint density at radius 3 is 2.80 bits per heavy atom. The summed E-state index contributed by atoms with van der Waals surface area (Å²) in [5, 5.41) is 3.83. The van der Waals surface area contributed by atoms with Crippen LogP contribution in [0.2, 0.25) is 0 Å². The molecule has 0 amide bonds. The van der Waals surface area contributed by atoms with Crippen molar-refractivity contribution in [3.63, 3.8) is 0 Å².